The first-order chi connectivity index (χ1) is 11.6. The molecule has 1 amide bonds. The number of benzene rings is 1. The van der Waals surface area contributed by atoms with Crippen LogP contribution in [-0.2, 0) is 6.54 Å². The van der Waals surface area contributed by atoms with Crippen LogP contribution in [0.5, 0.6) is 0 Å². The number of aromatic amines is 1. The predicted molar refractivity (Wildman–Crippen MR) is 96.2 cm³/mol. The lowest BCUT2D eigenvalue weighted by Crippen LogP contribution is -2.41. The molecule has 1 atom stereocenters. The van der Waals surface area contributed by atoms with Gasteiger partial charge in [0, 0.05) is 12.1 Å². The molecule has 3 aromatic rings. The summed E-state index contributed by atoms with van der Waals surface area (Å²) in [4.78, 5) is 22.4. The van der Waals surface area contributed by atoms with Crippen molar-refractivity contribution in [2.24, 2.45) is 0 Å². The minimum Gasteiger partial charge on any atom is -0.394 e. The van der Waals surface area contributed by atoms with Crippen LogP contribution >= 0.6 is 11.3 Å². The second-order valence-corrected chi connectivity index (χ2v) is 6.64. The molecule has 0 aliphatic rings. The number of imidazole rings is 1. The number of aliphatic hydroxyl groups is 1. The number of aliphatic hydroxyl groups excluding tert-OH is 1. The summed E-state index contributed by atoms with van der Waals surface area (Å²) in [6.07, 6.45) is 0.706. The third-order valence-corrected chi connectivity index (χ3v) is 4.90. The van der Waals surface area contributed by atoms with Crippen LogP contribution in [0, 0.1) is 6.92 Å². The Morgan fingerprint density at radius 3 is 2.92 bits per heavy atom. The number of carbonyl (C=O) groups excluding carboxylic acids is 1. The minimum atomic E-state index is -0.198. The van der Waals surface area contributed by atoms with E-state index in [0.29, 0.717) is 18.5 Å². The quantitative estimate of drug-likeness (QED) is 0.721. The van der Waals surface area contributed by atoms with E-state index in [1.165, 1.54) is 0 Å². The monoisotopic (exact) mass is 343 g/mol. The fourth-order valence-electron chi connectivity index (χ4n) is 2.83. The zero-order valence-electron chi connectivity index (χ0n) is 13.8. The Hall–Kier alpha value is -2.18. The molecule has 0 unspecified atom stereocenters. The molecule has 1 aromatic carbocycles. The molecule has 0 aliphatic carbocycles. The van der Waals surface area contributed by atoms with Gasteiger partial charge in [-0.3, -0.25) is 4.79 Å². The van der Waals surface area contributed by atoms with Gasteiger partial charge in [0.1, 0.15) is 5.82 Å². The molecule has 0 spiro atoms. The van der Waals surface area contributed by atoms with Gasteiger partial charge in [-0.05, 0) is 53.9 Å². The maximum atomic E-state index is 13.1. The number of H-pyrrole nitrogens is 1. The number of amides is 1. The summed E-state index contributed by atoms with van der Waals surface area (Å²) in [6, 6.07) is 7.31. The lowest BCUT2D eigenvalue weighted by Gasteiger charge is -2.30. The normalized spacial score (nSPS) is 12.5. The fraction of sp³-hybridized carbons (Fsp3) is 0.333. The first-order valence-corrected chi connectivity index (χ1v) is 8.96. The van der Waals surface area contributed by atoms with Gasteiger partial charge in [-0.25, -0.2) is 4.98 Å². The zero-order chi connectivity index (χ0) is 17.1. The summed E-state index contributed by atoms with van der Waals surface area (Å²) in [5.74, 6) is 0.753. The van der Waals surface area contributed by atoms with E-state index < -0.39 is 0 Å². The Bertz CT molecular complexity index is 822. The van der Waals surface area contributed by atoms with Gasteiger partial charge in [-0.2, -0.15) is 11.3 Å². The molecule has 0 saturated heterocycles. The van der Waals surface area contributed by atoms with Crippen molar-refractivity contribution in [1.29, 1.82) is 0 Å². The van der Waals surface area contributed by atoms with Gasteiger partial charge in [0.05, 0.1) is 23.7 Å². The van der Waals surface area contributed by atoms with Crippen molar-refractivity contribution >= 4 is 28.3 Å². The van der Waals surface area contributed by atoms with Crippen LogP contribution in [0.4, 0.5) is 0 Å². The number of aryl methyl sites for hydroxylation is 1. The fourth-order valence-corrected chi connectivity index (χ4v) is 3.49. The maximum absolute atomic E-state index is 13.1. The number of hydrogen-bond acceptors (Lipinski definition) is 4. The number of hydrogen-bond donors (Lipinski definition) is 2. The van der Waals surface area contributed by atoms with Crippen LogP contribution in [0.2, 0.25) is 0 Å². The summed E-state index contributed by atoms with van der Waals surface area (Å²) in [6.45, 7) is 4.33. The lowest BCUT2D eigenvalue weighted by molar-refractivity contribution is 0.0564. The van der Waals surface area contributed by atoms with Crippen LogP contribution in [0.25, 0.3) is 11.0 Å². The van der Waals surface area contributed by atoms with E-state index in [9.17, 15) is 9.90 Å². The molecule has 0 bridgehead atoms. The van der Waals surface area contributed by atoms with Crippen LogP contribution in [-0.4, -0.2) is 38.5 Å². The third-order valence-electron chi connectivity index (χ3n) is 4.16. The van der Waals surface area contributed by atoms with E-state index in [1.54, 1.807) is 22.3 Å². The molecule has 2 N–H and O–H groups in total. The molecule has 0 fully saturated rings. The molecule has 2 heterocycles. The van der Waals surface area contributed by atoms with E-state index in [2.05, 4.69) is 9.97 Å². The van der Waals surface area contributed by atoms with Crippen LogP contribution < -0.4 is 0 Å². The number of nitrogens with zero attached hydrogens (tertiary/aromatic N) is 2. The molecule has 6 heteroatoms. The van der Waals surface area contributed by atoms with Gasteiger partial charge < -0.3 is 15.0 Å². The number of nitrogens with one attached hydrogen (secondary N) is 1. The smallest absolute Gasteiger partial charge is 0.254 e. The second kappa shape index (κ2) is 7.15. The van der Waals surface area contributed by atoms with Crippen molar-refractivity contribution in [2.75, 3.05) is 6.61 Å². The first-order valence-electron chi connectivity index (χ1n) is 8.01. The van der Waals surface area contributed by atoms with Gasteiger partial charge in [0.2, 0.25) is 0 Å². The highest BCUT2D eigenvalue weighted by atomic mass is 32.1. The highest BCUT2D eigenvalue weighted by Gasteiger charge is 2.24. The number of carbonyl (C=O) groups is 1. The van der Waals surface area contributed by atoms with Crippen molar-refractivity contribution in [2.45, 2.75) is 32.9 Å². The number of thiophene rings is 1. The largest absolute Gasteiger partial charge is 0.394 e. The van der Waals surface area contributed by atoms with E-state index in [-0.39, 0.29) is 18.6 Å². The Kier molecular flexibility index (Phi) is 4.97. The van der Waals surface area contributed by atoms with Gasteiger partial charge in [-0.1, -0.05) is 6.92 Å². The molecule has 2 aromatic heterocycles. The van der Waals surface area contributed by atoms with Gasteiger partial charge in [-0.15, -0.1) is 0 Å². The highest BCUT2D eigenvalue weighted by Crippen LogP contribution is 2.20. The molecule has 126 valence electrons. The SMILES string of the molecule is CC[C@H](CO)N(Cc1ccsc1)C(=O)c1ccc2nc(C)[nH]c2c1. The van der Waals surface area contributed by atoms with Crippen LogP contribution in [0.15, 0.2) is 35.0 Å². The Morgan fingerprint density at radius 2 is 2.25 bits per heavy atom. The molecule has 3 rings (SSSR count). The average molecular weight is 343 g/mol. The molecule has 0 aliphatic heterocycles. The van der Waals surface area contributed by atoms with Crippen molar-refractivity contribution in [3.8, 4) is 0 Å². The van der Waals surface area contributed by atoms with Crippen molar-refractivity contribution in [3.63, 3.8) is 0 Å². The number of aromatic nitrogens is 2. The summed E-state index contributed by atoms with van der Waals surface area (Å²) < 4.78 is 0. The zero-order valence-corrected chi connectivity index (χ0v) is 14.6. The van der Waals surface area contributed by atoms with Gasteiger partial charge in [0.25, 0.3) is 5.91 Å². The summed E-state index contributed by atoms with van der Waals surface area (Å²) in [7, 11) is 0. The standard InChI is InChI=1S/C18H21N3O2S/c1-3-15(10-22)21(9-13-6-7-24-11-13)18(23)14-4-5-16-17(8-14)20-12(2)19-16/h4-8,11,15,22H,3,9-10H2,1-2H3,(H,19,20)/t15-/m1/s1. The van der Waals surface area contributed by atoms with Crippen molar-refractivity contribution in [3.05, 3.63) is 52.0 Å². The minimum absolute atomic E-state index is 0.0439. The van der Waals surface area contributed by atoms with Crippen LogP contribution in [0.1, 0.15) is 35.1 Å². The lowest BCUT2D eigenvalue weighted by atomic mass is 10.1. The molecular formula is C18H21N3O2S. The molecule has 24 heavy (non-hydrogen) atoms. The van der Waals surface area contributed by atoms with Crippen LogP contribution in [0.3, 0.4) is 0 Å². The summed E-state index contributed by atoms with van der Waals surface area (Å²) in [5, 5.41) is 13.7. The molecule has 0 radical (unpaired) electrons. The average Bonchev–Trinajstić information content (AvgIpc) is 3.21. The first kappa shape index (κ1) is 16.7. The summed E-state index contributed by atoms with van der Waals surface area (Å²) in [5.41, 5.74) is 3.39. The van der Waals surface area contributed by atoms with Crippen molar-refractivity contribution in [1.82, 2.24) is 14.9 Å². The molecule has 5 nitrogen and oxygen atoms in total. The van der Waals surface area contributed by atoms with Gasteiger partial charge >= 0.3 is 0 Å². The van der Waals surface area contributed by atoms with E-state index in [1.807, 2.05) is 42.8 Å². The number of fused-ring (bicyclic) bond motifs is 1. The topological polar surface area (TPSA) is 69.2 Å². The van der Waals surface area contributed by atoms with E-state index in [0.717, 1.165) is 22.4 Å². The Balaban J connectivity index is 1.93. The Morgan fingerprint density at radius 1 is 1.42 bits per heavy atom. The predicted octanol–water partition coefficient (Wildman–Crippen LogP) is 3.35. The third kappa shape index (κ3) is 3.34. The maximum Gasteiger partial charge on any atom is 0.254 e. The molecular weight excluding hydrogens is 322 g/mol. The second-order valence-electron chi connectivity index (χ2n) is 5.86. The summed E-state index contributed by atoms with van der Waals surface area (Å²) >= 11 is 1.61. The molecule has 0 saturated carbocycles. The van der Waals surface area contributed by atoms with E-state index in [4.69, 9.17) is 0 Å². The Labute approximate surface area is 145 Å². The highest BCUT2D eigenvalue weighted by molar-refractivity contribution is 7.07. The van der Waals surface area contributed by atoms with E-state index >= 15 is 0 Å². The van der Waals surface area contributed by atoms with Gasteiger partial charge in [0.15, 0.2) is 0 Å². The van der Waals surface area contributed by atoms with Crippen molar-refractivity contribution < 1.29 is 9.90 Å². The number of rotatable bonds is 6.